The summed E-state index contributed by atoms with van der Waals surface area (Å²) in [6.07, 6.45) is 1.94. The summed E-state index contributed by atoms with van der Waals surface area (Å²) >= 11 is 0. The van der Waals surface area contributed by atoms with E-state index >= 15 is 0 Å². The lowest BCUT2D eigenvalue weighted by Gasteiger charge is -2.49. The number of hydrogen-bond donors (Lipinski definition) is 3. The van der Waals surface area contributed by atoms with Crippen LogP contribution in [0, 0.1) is 10.8 Å². The third-order valence-corrected chi connectivity index (χ3v) is 3.36. The molecule has 0 radical (unpaired) electrons. The molecule has 0 aromatic heterocycles. The monoisotopic (exact) mass is 204 g/mol. The average Bonchev–Trinajstić information content (AvgIpc) is 1.94. The van der Waals surface area contributed by atoms with Crippen LogP contribution in [0.2, 0.25) is 0 Å². The molecule has 0 aliphatic rings. The van der Waals surface area contributed by atoms with Crippen LogP contribution < -0.4 is 0 Å². The first-order valence-corrected chi connectivity index (χ1v) is 5.29. The Bertz CT molecular complexity index is 160. The molecule has 0 fully saturated rings. The molecule has 0 rings (SSSR count). The molecule has 86 valence electrons. The first-order chi connectivity index (χ1) is 6.12. The molecule has 0 amide bonds. The van der Waals surface area contributed by atoms with Gasteiger partial charge in [0.05, 0.1) is 5.41 Å². The first-order valence-electron chi connectivity index (χ1n) is 5.29. The Kier molecular flexibility index (Phi) is 4.13. The van der Waals surface area contributed by atoms with Gasteiger partial charge < -0.3 is 15.3 Å². The number of rotatable bonds is 4. The van der Waals surface area contributed by atoms with Gasteiger partial charge in [0.2, 0.25) is 0 Å². The van der Waals surface area contributed by atoms with E-state index in [0.717, 1.165) is 6.42 Å². The van der Waals surface area contributed by atoms with Crippen molar-refractivity contribution in [3.8, 4) is 0 Å². The van der Waals surface area contributed by atoms with Crippen LogP contribution in [0.25, 0.3) is 0 Å². The van der Waals surface area contributed by atoms with E-state index in [2.05, 4.69) is 0 Å². The highest BCUT2D eigenvalue weighted by Gasteiger charge is 2.54. The number of hydrogen-bond acceptors (Lipinski definition) is 3. The van der Waals surface area contributed by atoms with Crippen LogP contribution >= 0.6 is 0 Å². The maximum Gasteiger partial charge on any atom is 0.281 e. The molecule has 3 heteroatoms. The zero-order chi connectivity index (χ0) is 11.6. The summed E-state index contributed by atoms with van der Waals surface area (Å²) in [6, 6.07) is 0. The van der Waals surface area contributed by atoms with Crippen LogP contribution in [0.1, 0.15) is 53.9 Å². The first kappa shape index (κ1) is 13.9. The molecular weight excluding hydrogens is 180 g/mol. The van der Waals surface area contributed by atoms with Gasteiger partial charge in [0.25, 0.3) is 5.97 Å². The Morgan fingerprint density at radius 2 is 1.36 bits per heavy atom. The minimum Gasteiger partial charge on any atom is -0.343 e. The van der Waals surface area contributed by atoms with Gasteiger partial charge >= 0.3 is 0 Å². The molecule has 1 atom stereocenters. The van der Waals surface area contributed by atoms with Crippen molar-refractivity contribution in [1.29, 1.82) is 0 Å². The predicted molar refractivity (Wildman–Crippen MR) is 56.5 cm³/mol. The summed E-state index contributed by atoms with van der Waals surface area (Å²) in [5.74, 6) is -2.60. The molecule has 1 unspecified atom stereocenters. The summed E-state index contributed by atoms with van der Waals surface area (Å²) < 4.78 is 0. The Hall–Kier alpha value is -0.120. The zero-order valence-electron chi connectivity index (χ0n) is 9.96. The van der Waals surface area contributed by atoms with Crippen molar-refractivity contribution >= 4 is 0 Å². The third kappa shape index (κ3) is 2.27. The summed E-state index contributed by atoms with van der Waals surface area (Å²) in [5.41, 5.74) is -1.22. The normalized spacial score (nSPS) is 18.0. The molecule has 0 bridgehead atoms. The van der Waals surface area contributed by atoms with Crippen molar-refractivity contribution in [3.05, 3.63) is 0 Å². The van der Waals surface area contributed by atoms with Gasteiger partial charge in [-0.1, -0.05) is 41.0 Å². The molecule has 0 aliphatic heterocycles. The minimum absolute atomic E-state index is 0.351. The molecule has 0 saturated carbocycles. The lowest BCUT2D eigenvalue weighted by molar-refractivity contribution is -0.396. The lowest BCUT2D eigenvalue weighted by atomic mass is 9.61. The predicted octanol–water partition coefficient (Wildman–Crippen LogP) is 1.86. The Morgan fingerprint density at radius 1 is 0.929 bits per heavy atom. The second-order valence-corrected chi connectivity index (χ2v) is 5.07. The minimum atomic E-state index is -2.60. The third-order valence-electron chi connectivity index (χ3n) is 3.36. The van der Waals surface area contributed by atoms with Crippen molar-refractivity contribution in [3.63, 3.8) is 0 Å². The maximum atomic E-state index is 9.51. The highest BCUT2D eigenvalue weighted by molar-refractivity contribution is 4.93. The fourth-order valence-corrected chi connectivity index (χ4v) is 2.42. The molecule has 0 heterocycles. The molecule has 14 heavy (non-hydrogen) atoms. The fraction of sp³-hybridized carbons (Fsp3) is 1.00. The summed E-state index contributed by atoms with van der Waals surface area (Å²) in [5, 5.41) is 28.5. The van der Waals surface area contributed by atoms with Crippen LogP contribution in [0.3, 0.4) is 0 Å². The van der Waals surface area contributed by atoms with Gasteiger partial charge in [-0.3, -0.25) is 0 Å². The second kappa shape index (κ2) is 4.17. The number of aliphatic hydroxyl groups is 3. The van der Waals surface area contributed by atoms with E-state index in [9.17, 15) is 15.3 Å². The van der Waals surface area contributed by atoms with E-state index in [-0.39, 0.29) is 5.41 Å². The molecular formula is C11H24O3. The van der Waals surface area contributed by atoms with E-state index in [1.165, 1.54) is 0 Å². The van der Waals surface area contributed by atoms with E-state index in [1.807, 2.05) is 34.6 Å². The highest BCUT2D eigenvalue weighted by atomic mass is 16.7. The smallest absolute Gasteiger partial charge is 0.281 e. The van der Waals surface area contributed by atoms with E-state index in [0.29, 0.717) is 12.8 Å². The largest absolute Gasteiger partial charge is 0.343 e. The zero-order valence-corrected chi connectivity index (χ0v) is 9.96. The standard InChI is InChI=1S/C11H24O3/c1-6-8-10(7-2,9(3,4)5)11(12,13)14/h12-14H,6-8H2,1-5H3. The Balaban J connectivity index is 5.21. The maximum absolute atomic E-state index is 9.51. The van der Waals surface area contributed by atoms with Crippen LogP contribution in [0.4, 0.5) is 0 Å². The van der Waals surface area contributed by atoms with Crippen LogP contribution in [0.15, 0.2) is 0 Å². The highest BCUT2D eigenvalue weighted by Crippen LogP contribution is 2.50. The SMILES string of the molecule is CCCC(CC)(C(C)(C)C)C(O)(O)O. The Labute approximate surface area is 86.8 Å². The van der Waals surface area contributed by atoms with Gasteiger partial charge in [-0.05, 0) is 18.3 Å². The van der Waals surface area contributed by atoms with Crippen LogP contribution in [0.5, 0.6) is 0 Å². The lowest BCUT2D eigenvalue weighted by Crippen LogP contribution is -2.55. The van der Waals surface area contributed by atoms with Crippen LogP contribution in [-0.4, -0.2) is 21.3 Å². The summed E-state index contributed by atoms with van der Waals surface area (Å²) in [6.45, 7) is 9.61. The van der Waals surface area contributed by atoms with Crippen molar-refractivity contribution in [2.24, 2.45) is 10.8 Å². The van der Waals surface area contributed by atoms with Gasteiger partial charge in [0, 0.05) is 0 Å². The Morgan fingerprint density at radius 3 is 1.43 bits per heavy atom. The topological polar surface area (TPSA) is 60.7 Å². The van der Waals surface area contributed by atoms with Crippen molar-refractivity contribution < 1.29 is 15.3 Å². The molecule has 3 N–H and O–H groups in total. The molecule has 0 aromatic carbocycles. The fourth-order valence-electron chi connectivity index (χ4n) is 2.42. The second-order valence-electron chi connectivity index (χ2n) is 5.07. The molecule has 3 nitrogen and oxygen atoms in total. The quantitative estimate of drug-likeness (QED) is 0.613. The van der Waals surface area contributed by atoms with E-state index in [1.54, 1.807) is 0 Å². The molecule has 0 aromatic rings. The molecule has 0 saturated heterocycles. The van der Waals surface area contributed by atoms with Gasteiger partial charge in [-0.25, -0.2) is 0 Å². The van der Waals surface area contributed by atoms with Gasteiger partial charge in [-0.15, -0.1) is 0 Å². The summed E-state index contributed by atoms with van der Waals surface area (Å²) in [4.78, 5) is 0. The van der Waals surface area contributed by atoms with Crippen molar-refractivity contribution in [1.82, 2.24) is 0 Å². The molecule has 0 aliphatic carbocycles. The van der Waals surface area contributed by atoms with Crippen LogP contribution in [-0.2, 0) is 0 Å². The summed E-state index contributed by atoms with van der Waals surface area (Å²) in [7, 11) is 0. The molecule has 0 spiro atoms. The average molecular weight is 204 g/mol. The van der Waals surface area contributed by atoms with Gasteiger partial charge in [0.1, 0.15) is 0 Å². The van der Waals surface area contributed by atoms with Crippen molar-refractivity contribution in [2.45, 2.75) is 59.9 Å². The van der Waals surface area contributed by atoms with E-state index < -0.39 is 11.4 Å². The van der Waals surface area contributed by atoms with E-state index in [4.69, 9.17) is 0 Å². The van der Waals surface area contributed by atoms with Gasteiger partial charge in [0.15, 0.2) is 0 Å². The van der Waals surface area contributed by atoms with Gasteiger partial charge in [-0.2, -0.15) is 0 Å². The van der Waals surface area contributed by atoms with Crippen molar-refractivity contribution in [2.75, 3.05) is 0 Å².